The zero-order valence-electron chi connectivity index (χ0n) is 13.3. The molecule has 0 spiro atoms. The Morgan fingerprint density at radius 2 is 1.90 bits per heavy atom. The fourth-order valence-electron chi connectivity index (χ4n) is 4.85. The highest BCUT2D eigenvalue weighted by atomic mass is 19.2. The van der Waals surface area contributed by atoms with Crippen molar-refractivity contribution in [3.8, 4) is 0 Å². The lowest BCUT2D eigenvalue weighted by atomic mass is 9.68. The Morgan fingerprint density at radius 3 is 2.48 bits per heavy atom. The number of rotatable bonds is 3. The minimum atomic E-state index is -0.779. The maximum atomic E-state index is 13.4. The SMILES string of the molecule is CC(NC1C2(C)CCC(C2)C1(C)C)c1ccc(F)c(F)c1. The molecule has 2 fully saturated rings. The molecule has 0 amide bonds. The van der Waals surface area contributed by atoms with E-state index in [-0.39, 0.29) is 11.5 Å². The Morgan fingerprint density at radius 1 is 1.19 bits per heavy atom. The quantitative estimate of drug-likeness (QED) is 0.841. The molecule has 4 unspecified atom stereocenters. The first kappa shape index (κ1) is 15.0. The second-order valence-corrected chi connectivity index (χ2v) is 7.91. The van der Waals surface area contributed by atoms with Gasteiger partial charge in [0.1, 0.15) is 0 Å². The third-order valence-corrected chi connectivity index (χ3v) is 6.13. The van der Waals surface area contributed by atoms with E-state index in [1.807, 2.05) is 6.92 Å². The lowest BCUT2D eigenvalue weighted by Gasteiger charge is -2.44. The molecule has 2 aliphatic carbocycles. The highest BCUT2D eigenvalue weighted by molar-refractivity contribution is 5.22. The van der Waals surface area contributed by atoms with E-state index in [0.717, 1.165) is 11.5 Å². The molecule has 3 rings (SSSR count). The van der Waals surface area contributed by atoms with Crippen molar-refractivity contribution in [2.75, 3.05) is 0 Å². The molecule has 2 aliphatic rings. The predicted molar refractivity (Wildman–Crippen MR) is 80.9 cm³/mol. The molecule has 2 saturated carbocycles. The van der Waals surface area contributed by atoms with Crippen LogP contribution in [-0.4, -0.2) is 6.04 Å². The fourth-order valence-corrected chi connectivity index (χ4v) is 4.85. The predicted octanol–water partition coefficient (Wildman–Crippen LogP) is 4.83. The number of halogens is 2. The summed E-state index contributed by atoms with van der Waals surface area (Å²) >= 11 is 0. The zero-order chi connectivity index (χ0) is 15.4. The third kappa shape index (κ3) is 2.30. The number of benzene rings is 1. The van der Waals surface area contributed by atoms with E-state index in [9.17, 15) is 8.78 Å². The van der Waals surface area contributed by atoms with Gasteiger partial charge in [-0.3, -0.25) is 0 Å². The van der Waals surface area contributed by atoms with Gasteiger partial charge >= 0.3 is 0 Å². The van der Waals surface area contributed by atoms with Crippen LogP contribution in [0.5, 0.6) is 0 Å². The molecule has 0 aromatic heterocycles. The summed E-state index contributed by atoms with van der Waals surface area (Å²) in [5.41, 5.74) is 1.41. The third-order valence-electron chi connectivity index (χ3n) is 6.13. The largest absolute Gasteiger partial charge is 0.306 e. The van der Waals surface area contributed by atoms with Crippen molar-refractivity contribution < 1.29 is 8.78 Å². The van der Waals surface area contributed by atoms with Gasteiger partial charge in [0, 0.05) is 12.1 Å². The van der Waals surface area contributed by atoms with E-state index in [0.29, 0.717) is 11.5 Å². The first-order valence-electron chi connectivity index (χ1n) is 7.95. The van der Waals surface area contributed by atoms with Gasteiger partial charge in [0.25, 0.3) is 0 Å². The van der Waals surface area contributed by atoms with E-state index in [2.05, 4.69) is 26.1 Å². The smallest absolute Gasteiger partial charge is 0.159 e. The second kappa shape index (κ2) is 4.77. The average Bonchev–Trinajstić information content (AvgIpc) is 2.89. The lowest BCUT2D eigenvalue weighted by Crippen LogP contribution is -2.50. The summed E-state index contributed by atoms with van der Waals surface area (Å²) in [6.07, 6.45) is 3.87. The Kier molecular flexibility index (Phi) is 3.40. The van der Waals surface area contributed by atoms with Crippen LogP contribution in [0.3, 0.4) is 0 Å². The minimum Gasteiger partial charge on any atom is -0.306 e. The zero-order valence-corrected chi connectivity index (χ0v) is 13.3. The number of hydrogen-bond acceptors (Lipinski definition) is 1. The fraction of sp³-hybridized carbons (Fsp3) is 0.667. The summed E-state index contributed by atoms with van der Waals surface area (Å²) in [5.74, 6) is -0.769. The molecule has 0 radical (unpaired) electrons. The monoisotopic (exact) mass is 293 g/mol. The van der Waals surface area contributed by atoms with Crippen LogP contribution < -0.4 is 5.32 Å². The van der Waals surface area contributed by atoms with E-state index in [4.69, 9.17) is 0 Å². The molecule has 1 N–H and O–H groups in total. The van der Waals surface area contributed by atoms with Gasteiger partial charge in [-0.1, -0.05) is 26.8 Å². The Balaban J connectivity index is 1.81. The van der Waals surface area contributed by atoms with Gasteiger partial charge in [-0.2, -0.15) is 0 Å². The summed E-state index contributed by atoms with van der Waals surface area (Å²) in [5, 5.41) is 3.71. The molecule has 0 saturated heterocycles. The highest BCUT2D eigenvalue weighted by Gasteiger charge is 2.59. The normalized spacial score (nSPS) is 35.1. The van der Waals surface area contributed by atoms with Crippen molar-refractivity contribution in [2.24, 2.45) is 16.7 Å². The number of fused-ring (bicyclic) bond motifs is 2. The molecule has 21 heavy (non-hydrogen) atoms. The van der Waals surface area contributed by atoms with Gasteiger partial charge < -0.3 is 5.32 Å². The van der Waals surface area contributed by atoms with Crippen LogP contribution in [-0.2, 0) is 0 Å². The second-order valence-electron chi connectivity index (χ2n) is 7.91. The molecule has 1 aromatic carbocycles. The maximum absolute atomic E-state index is 13.4. The van der Waals surface area contributed by atoms with Gasteiger partial charge in [0.05, 0.1) is 0 Å². The maximum Gasteiger partial charge on any atom is 0.159 e. The molecule has 4 atom stereocenters. The standard InChI is InChI=1S/C18H25F2N/c1-11(12-5-6-14(19)15(20)9-12)21-16-17(2,3)13-7-8-18(16,4)10-13/h5-6,9,11,13,16,21H,7-8,10H2,1-4H3. The summed E-state index contributed by atoms with van der Waals surface area (Å²) in [6.45, 7) is 9.10. The molecule has 3 heteroatoms. The molecular formula is C18H25F2N. The lowest BCUT2D eigenvalue weighted by molar-refractivity contribution is 0.100. The molecule has 116 valence electrons. The van der Waals surface area contributed by atoms with E-state index < -0.39 is 11.6 Å². The van der Waals surface area contributed by atoms with Crippen LogP contribution in [0.4, 0.5) is 8.78 Å². The van der Waals surface area contributed by atoms with E-state index in [1.54, 1.807) is 6.07 Å². The van der Waals surface area contributed by atoms with Crippen molar-refractivity contribution in [3.63, 3.8) is 0 Å². The Bertz CT molecular complexity index is 549. The van der Waals surface area contributed by atoms with Crippen molar-refractivity contribution >= 4 is 0 Å². The highest BCUT2D eigenvalue weighted by Crippen LogP contribution is 2.62. The van der Waals surface area contributed by atoms with Crippen LogP contribution in [0.15, 0.2) is 18.2 Å². The van der Waals surface area contributed by atoms with E-state index in [1.165, 1.54) is 31.4 Å². The Labute approximate surface area is 126 Å². The van der Waals surface area contributed by atoms with Crippen LogP contribution in [0, 0.1) is 28.4 Å². The van der Waals surface area contributed by atoms with Crippen molar-refractivity contribution in [3.05, 3.63) is 35.4 Å². The molecule has 2 bridgehead atoms. The topological polar surface area (TPSA) is 12.0 Å². The first-order chi connectivity index (χ1) is 9.74. The van der Waals surface area contributed by atoms with Gasteiger partial charge in [0.15, 0.2) is 11.6 Å². The molecular weight excluding hydrogens is 268 g/mol. The summed E-state index contributed by atoms with van der Waals surface area (Å²) in [4.78, 5) is 0. The summed E-state index contributed by atoms with van der Waals surface area (Å²) in [6, 6.07) is 4.66. The molecule has 0 aliphatic heterocycles. The van der Waals surface area contributed by atoms with Gasteiger partial charge in [-0.25, -0.2) is 8.78 Å². The van der Waals surface area contributed by atoms with E-state index >= 15 is 0 Å². The number of hydrogen-bond donors (Lipinski definition) is 1. The minimum absolute atomic E-state index is 0.0283. The van der Waals surface area contributed by atoms with Crippen molar-refractivity contribution in [2.45, 2.75) is 59.0 Å². The van der Waals surface area contributed by atoms with Gasteiger partial charge in [0.2, 0.25) is 0 Å². The molecule has 1 aromatic rings. The molecule has 0 heterocycles. The van der Waals surface area contributed by atoms with Crippen LogP contribution in [0.2, 0.25) is 0 Å². The van der Waals surface area contributed by atoms with Crippen LogP contribution in [0.25, 0.3) is 0 Å². The van der Waals surface area contributed by atoms with Gasteiger partial charge in [-0.05, 0) is 60.6 Å². The van der Waals surface area contributed by atoms with Gasteiger partial charge in [-0.15, -0.1) is 0 Å². The summed E-state index contributed by atoms with van der Waals surface area (Å²) in [7, 11) is 0. The van der Waals surface area contributed by atoms with Crippen molar-refractivity contribution in [1.82, 2.24) is 5.32 Å². The number of nitrogens with one attached hydrogen (secondary N) is 1. The van der Waals surface area contributed by atoms with Crippen LogP contribution >= 0.6 is 0 Å². The summed E-state index contributed by atoms with van der Waals surface area (Å²) < 4.78 is 26.5. The Hall–Kier alpha value is -0.960. The van der Waals surface area contributed by atoms with Crippen molar-refractivity contribution in [1.29, 1.82) is 0 Å². The first-order valence-corrected chi connectivity index (χ1v) is 7.95. The van der Waals surface area contributed by atoms with Crippen LogP contribution in [0.1, 0.15) is 58.6 Å². The molecule has 1 nitrogen and oxygen atoms in total. The average molecular weight is 293 g/mol.